The summed E-state index contributed by atoms with van der Waals surface area (Å²) in [6.07, 6.45) is 4.73. The Morgan fingerprint density at radius 1 is 1.41 bits per heavy atom. The molecule has 1 heterocycles. The van der Waals surface area contributed by atoms with Gasteiger partial charge in [0, 0.05) is 23.1 Å². The zero-order valence-corrected chi connectivity index (χ0v) is 11.7. The van der Waals surface area contributed by atoms with Gasteiger partial charge < -0.3 is 4.90 Å². The van der Waals surface area contributed by atoms with E-state index >= 15 is 0 Å². The normalized spacial score (nSPS) is 17.2. The summed E-state index contributed by atoms with van der Waals surface area (Å²) in [6.45, 7) is 4.52. The molecule has 0 aliphatic carbocycles. The Labute approximate surface area is 111 Å². The molecule has 0 amide bonds. The van der Waals surface area contributed by atoms with Crippen molar-refractivity contribution in [3.63, 3.8) is 0 Å². The molecule has 0 saturated carbocycles. The van der Waals surface area contributed by atoms with Crippen LogP contribution in [0.1, 0.15) is 36.5 Å². The predicted molar refractivity (Wildman–Crippen MR) is 74.8 cm³/mol. The van der Waals surface area contributed by atoms with Gasteiger partial charge >= 0.3 is 0 Å². The van der Waals surface area contributed by atoms with E-state index in [1.54, 1.807) is 0 Å². The Hall–Kier alpha value is -0.830. The molecule has 1 aliphatic rings. The third-order valence-corrected chi connectivity index (χ3v) is 4.28. The molecular weight excluding hydrogens is 278 g/mol. The van der Waals surface area contributed by atoms with Gasteiger partial charge in [-0.25, -0.2) is 0 Å². The standard InChI is InChI=1S/C14H18BrNO/c1-2-11-5-7-16(8-6-11)14-4-3-12(10-17)9-13(14)15/h3-4,9-11H,2,5-8H2,1H3. The van der Waals surface area contributed by atoms with Crippen LogP contribution in [0.5, 0.6) is 0 Å². The monoisotopic (exact) mass is 295 g/mol. The van der Waals surface area contributed by atoms with E-state index in [4.69, 9.17) is 0 Å². The molecule has 0 radical (unpaired) electrons. The van der Waals surface area contributed by atoms with Crippen molar-refractivity contribution in [2.45, 2.75) is 26.2 Å². The molecule has 1 aromatic carbocycles. The lowest BCUT2D eigenvalue weighted by Crippen LogP contribution is -2.33. The Morgan fingerprint density at radius 2 is 2.12 bits per heavy atom. The van der Waals surface area contributed by atoms with Crippen LogP contribution in [0.25, 0.3) is 0 Å². The first kappa shape index (κ1) is 12.6. The zero-order valence-electron chi connectivity index (χ0n) is 10.2. The molecule has 0 atom stereocenters. The lowest BCUT2D eigenvalue weighted by Gasteiger charge is -2.33. The Balaban J connectivity index is 2.10. The highest BCUT2D eigenvalue weighted by molar-refractivity contribution is 9.10. The van der Waals surface area contributed by atoms with Crippen LogP contribution in [0.15, 0.2) is 22.7 Å². The number of aldehydes is 1. The second kappa shape index (κ2) is 5.67. The van der Waals surface area contributed by atoms with Crippen LogP contribution in [0, 0.1) is 5.92 Å². The van der Waals surface area contributed by atoms with E-state index in [-0.39, 0.29) is 0 Å². The summed E-state index contributed by atoms with van der Waals surface area (Å²) in [5.74, 6) is 0.888. The maximum Gasteiger partial charge on any atom is 0.150 e. The molecule has 1 saturated heterocycles. The molecule has 0 N–H and O–H groups in total. The maximum absolute atomic E-state index is 10.7. The topological polar surface area (TPSA) is 20.3 Å². The van der Waals surface area contributed by atoms with Crippen molar-refractivity contribution < 1.29 is 4.79 Å². The van der Waals surface area contributed by atoms with Crippen LogP contribution < -0.4 is 4.90 Å². The first-order valence-corrected chi connectivity index (χ1v) is 7.03. The highest BCUT2D eigenvalue weighted by Crippen LogP contribution is 2.31. The number of nitrogens with zero attached hydrogens (tertiary/aromatic N) is 1. The van der Waals surface area contributed by atoms with Gasteiger partial charge in [-0.3, -0.25) is 4.79 Å². The Kier molecular flexibility index (Phi) is 4.21. The average molecular weight is 296 g/mol. The zero-order chi connectivity index (χ0) is 12.3. The molecular formula is C14H18BrNO. The first-order valence-electron chi connectivity index (χ1n) is 6.24. The Morgan fingerprint density at radius 3 is 2.65 bits per heavy atom. The van der Waals surface area contributed by atoms with Crippen molar-refractivity contribution in [3.8, 4) is 0 Å². The van der Waals surface area contributed by atoms with Crippen LogP contribution >= 0.6 is 15.9 Å². The summed E-state index contributed by atoms with van der Waals surface area (Å²) in [5.41, 5.74) is 1.94. The minimum Gasteiger partial charge on any atom is -0.371 e. The number of benzene rings is 1. The van der Waals surface area contributed by atoms with Gasteiger partial charge in [0.15, 0.2) is 0 Å². The van der Waals surface area contributed by atoms with Crippen LogP contribution in [0.2, 0.25) is 0 Å². The van der Waals surface area contributed by atoms with Crippen molar-refractivity contribution >= 4 is 27.9 Å². The minimum absolute atomic E-state index is 0.726. The molecule has 1 aliphatic heterocycles. The molecule has 0 bridgehead atoms. The summed E-state index contributed by atoms with van der Waals surface area (Å²) in [6, 6.07) is 5.83. The molecule has 92 valence electrons. The van der Waals surface area contributed by atoms with Crippen molar-refractivity contribution in [2.75, 3.05) is 18.0 Å². The number of halogens is 1. The van der Waals surface area contributed by atoms with Crippen LogP contribution in [-0.2, 0) is 0 Å². The number of anilines is 1. The molecule has 0 unspecified atom stereocenters. The van der Waals surface area contributed by atoms with E-state index < -0.39 is 0 Å². The van der Waals surface area contributed by atoms with Gasteiger partial charge in [-0.1, -0.05) is 13.3 Å². The van der Waals surface area contributed by atoms with Gasteiger partial charge in [-0.2, -0.15) is 0 Å². The highest BCUT2D eigenvalue weighted by atomic mass is 79.9. The fourth-order valence-corrected chi connectivity index (χ4v) is 3.08. The lowest BCUT2D eigenvalue weighted by atomic mass is 9.94. The van der Waals surface area contributed by atoms with E-state index in [0.717, 1.165) is 35.3 Å². The van der Waals surface area contributed by atoms with Crippen LogP contribution in [-0.4, -0.2) is 19.4 Å². The molecule has 1 fully saturated rings. The van der Waals surface area contributed by atoms with Gasteiger partial charge in [0.2, 0.25) is 0 Å². The first-order chi connectivity index (χ1) is 8.24. The second-order valence-corrected chi connectivity index (χ2v) is 5.52. The number of carbonyl (C=O) groups is 1. The fraction of sp³-hybridized carbons (Fsp3) is 0.500. The molecule has 3 heteroatoms. The number of piperidine rings is 1. The number of hydrogen-bond acceptors (Lipinski definition) is 2. The molecule has 1 aromatic rings. The third kappa shape index (κ3) is 2.89. The van der Waals surface area contributed by atoms with Crippen molar-refractivity contribution in [3.05, 3.63) is 28.2 Å². The Bertz CT molecular complexity index is 397. The predicted octanol–water partition coefficient (Wildman–Crippen LogP) is 3.89. The molecule has 2 rings (SSSR count). The fourth-order valence-electron chi connectivity index (χ4n) is 2.44. The summed E-state index contributed by atoms with van der Waals surface area (Å²) in [4.78, 5) is 13.1. The maximum atomic E-state index is 10.7. The van der Waals surface area contributed by atoms with Gasteiger partial charge in [0.25, 0.3) is 0 Å². The van der Waals surface area contributed by atoms with Crippen molar-refractivity contribution in [2.24, 2.45) is 5.92 Å². The van der Waals surface area contributed by atoms with Gasteiger partial charge in [-0.15, -0.1) is 0 Å². The lowest BCUT2D eigenvalue weighted by molar-refractivity contribution is 0.112. The third-order valence-electron chi connectivity index (χ3n) is 3.64. The molecule has 2 nitrogen and oxygen atoms in total. The van der Waals surface area contributed by atoms with E-state index in [9.17, 15) is 4.79 Å². The average Bonchev–Trinajstić information content (AvgIpc) is 2.39. The van der Waals surface area contributed by atoms with Crippen LogP contribution in [0.4, 0.5) is 5.69 Å². The van der Waals surface area contributed by atoms with Gasteiger partial charge in [0.1, 0.15) is 6.29 Å². The van der Waals surface area contributed by atoms with Gasteiger partial charge in [-0.05, 0) is 52.9 Å². The van der Waals surface area contributed by atoms with Gasteiger partial charge in [0.05, 0.1) is 5.69 Å². The van der Waals surface area contributed by atoms with Crippen molar-refractivity contribution in [1.82, 2.24) is 0 Å². The van der Waals surface area contributed by atoms with E-state index in [0.29, 0.717) is 0 Å². The van der Waals surface area contributed by atoms with Crippen molar-refractivity contribution in [1.29, 1.82) is 0 Å². The smallest absolute Gasteiger partial charge is 0.150 e. The summed E-state index contributed by atoms with van der Waals surface area (Å²) in [5, 5.41) is 0. The number of carbonyl (C=O) groups excluding carboxylic acids is 1. The summed E-state index contributed by atoms with van der Waals surface area (Å²) in [7, 11) is 0. The number of hydrogen-bond donors (Lipinski definition) is 0. The van der Waals surface area contributed by atoms with E-state index in [1.165, 1.54) is 24.9 Å². The van der Waals surface area contributed by atoms with E-state index in [1.807, 2.05) is 18.2 Å². The minimum atomic E-state index is 0.726. The van der Waals surface area contributed by atoms with Crippen LogP contribution in [0.3, 0.4) is 0 Å². The molecule has 17 heavy (non-hydrogen) atoms. The molecule has 0 aromatic heterocycles. The summed E-state index contributed by atoms with van der Waals surface area (Å²) < 4.78 is 1.03. The SMILES string of the molecule is CCC1CCN(c2ccc(C=O)cc2Br)CC1. The quantitative estimate of drug-likeness (QED) is 0.789. The number of rotatable bonds is 3. The van der Waals surface area contributed by atoms with E-state index in [2.05, 4.69) is 27.8 Å². The summed E-state index contributed by atoms with van der Waals surface area (Å²) >= 11 is 3.56. The highest BCUT2D eigenvalue weighted by Gasteiger charge is 2.19. The second-order valence-electron chi connectivity index (χ2n) is 4.67. The largest absolute Gasteiger partial charge is 0.371 e. The molecule has 0 spiro atoms.